The van der Waals surface area contributed by atoms with Gasteiger partial charge in [0.1, 0.15) is 5.82 Å². The maximum atomic E-state index is 11.0. The van der Waals surface area contributed by atoms with Crippen molar-refractivity contribution in [3.05, 3.63) is 11.6 Å². The first-order chi connectivity index (χ1) is 8.58. The lowest BCUT2D eigenvalue weighted by Gasteiger charge is -2.27. The number of carbonyl (C=O) groups is 1. The van der Waals surface area contributed by atoms with E-state index >= 15 is 0 Å². The lowest BCUT2D eigenvalue weighted by molar-refractivity contribution is -0.116. The average molecular weight is 251 g/mol. The molecule has 7 heteroatoms. The highest BCUT2D eigenvalue weighted by atomic mass is 16.5. The van der Waals surface area contributed by atoms with Gasteiger partial charge in [0, 0.05) is 26.1 Å². The van der Waals surface area contributed by atoms with Gasteiger partial charge in [-0.25, -0.2) is 0 Å². The molecule has 0 unspecified atom stereocenters. The zero-order valence-corrected chi connectivity index (χ0v) is 10.3. The molecule has 1 amide bonds. The number of nitrogen functional groups attached to an aromatic ring is 1. The Kier molecular flexibility index (Phi) is 3.50. The van der Waals surface area contributed by atoms with Crippen LogP contribution in [0.25, 0.3) is 0 Å². The summed E-state index contributed by atoms with van der Waals surface area (Å²) >= 11 is 0. The van der Waals surface area contributed by atoms with E-state index < -0.39 is 5.91 Å². The molecule has 1 aromatic rings. The molecule has 0 atom stereocenters. The topological polar surface area (TPSA) is 96.7 Å². The third-order valence-electron chi connectivity index (χ3n) is 2.87. The summed E-state index contributed by atoms with van der Waals surface area (Å²) in [7, 11) is 0. The molecule has 1 aliphatic rings. The van der Waals surface area contributed by atoms with E-state index in [0.29, 0.717) is 10.5 Å². The second kappa shape index (κ2) is 5.07. The van der Waals surface area contributed by atoms with Crippen molar-refractivity contribution in [2.45, 2.75) is 26.2 Å². The van der Waals surface area contributed by atoms with Crippen LogP contribution in [0.1, 0.15) is 26.2 Å². The van der Waals surface area contributed by atoms with Crippen LogP contribution >= 0.6 is 0 Å². The fourth-order valence-electron chi connectivity index (χ4n) is 2.02. The largest absolute Gasteiger partial charge is 0.423 e. The van der Waals surface area contributed by atoms with Crippen LogP contribution in [0.5, 0.6) is 0 Å². The third kappa shape index (κ3) is 2.61. The molecule has 0 radical (unpaired) electrons. The average Bonchev–Trinajstić information content (AvgIpc) is 2.35. The first kappa shape index (κ1) is 12.4. The number of hydrogen-bond donors (Lipinski definition) is 2. The molecule has 0 aromatic carbocycles. The van der Waals surface area contributed by atoms with Gasteiger partial charge in [0.25, 0.3) is 0 Å². The van der Waals surface area contributed by atoms with E-state index in [9.17, 15) is 10.0 Å². The van der Waals surface area contributed by atoms with Gasteiger partial charge in [-0.3, -0.25) is 4.79 Å². The summed E-state index contributed by atoms with van der Waals surface area (Å²) in [5, 5.41) is 9.63. The summed E-state index contributed by atoms with van der Waals surface area (Å²) in [5.41, 5.74) is 5.71. The summed E-state index contributed by atoms with van der Waals surface area (Å²) in [5.74, 6) is 0.184. The summed E-state index contributed by atoms with van der Waals surface area (Å²) in [4.78, 5) is 20.9. The maximum Gasteiger partial charge on any atom is 0.244 e. The minimum absolute atomic E-state index is 0.0712. The molecule has 0 saturated carbocycles. The van der Waals surface area contributed by atoms with Crippen molar-refractivity contribution in [1.82, 2.24) is 9.71 Å². The highest BCUT2D eigenvalue weighted by molar-refractivity contribution is 5.73. The Hall–Kier alpha value is -2.05. The van der Waals surface area contributed by atoms with E-state index in [2.05, 4.69) is 14.9 Å². The fraction of sp³-hybridized carbons (Fsp3) is 0.545. The molecule has 2 heterocycles. The number of nitrogens with zero attached hydrogens (tertiary/aromatic N) is 4. The van der Waals surface area contributed by atoms with E-state index in [1.807, 2.05) is 0 Å². The van der Waals surface area contributed by atoms with Crippen molar-refractivity contribution >= 4 is 17.7 Å². The molecule has 3 N–H and O–H groups in total. The second-order valence-corrected chi connectivity index (χ2v) is 4.32. The summed E-state index contributed by atoms with van der Waals surface area (Å²) in [6.07, 6.45) is 3.42. The lowest BCUT2D eigenvalue weighted by Crippen LogP contribution is -2.33. The number of nitrogens with two attached hydrogens (primary N) is 1. The number of amides is 1. The van der Waals surface area contributed by atoms with Crippen LogP contribution in [0.3, 0.4) is 0 Å². The van der Waals surface area contributed by atoms with Gasteiger partial charge >= 0.3 is 0 Å². The van der Waals surface area contributed by atoms with Gasteiger partial charge in [-0.05, 0) is 19.3 Å². The van der Waals surface area contributed by atoms with Crippen LogP contribution in [0.15, 0.2) is 11.1 Å². The molecule has 1 aromatic heterocycles. The minimum Gasteiger partial charge on any atom is -0.423 e. The quantitative estimate of drug-likeness (QED) is 0.692. The number of rotatable bonds is 1. The third-order valence-corrected chi connectivity index (χ3v) is 2.87. The van der Waals surface area contributed by atoms with Crippen molar-refractivity contribution in [1.29, 1.82) is 0 Å². The van der Waals surface area contributed by atoms with Gasteiger partial charge in [-0.2, -0.15) is 9.98 Å². The van der Waals surface area contributed by atoms with Gasteiger partial charge in [0.05, 0.1) is 0 Å². The fourth-order valence-corrected chi connectivity index (χ4v) is 2.02. The molecular weight excluding hydrogens is 234 g/mol. The van der Waals surface area contributed by atoms with Gasteiger partial charge in [0.2, 0.25) is 11.9 Å². The zero-order valence-electron chi connectivity index (χ0n) is 10.3. The maximum absolute atomic E-state index is 11.0. The Balaban J connectivity index is 2.43. The summed E-state index contributed by atoms with van der Waals surface area (Å²) in [6.45, 7) is 3.12. The molecule has 1 aliphatic heterocycles. The van der Waals surface area contributed by atoms with E-state index in [-0.39, 0.29) is 11.4 Å². The van der Waals surface area contributed by atoms with Crippen molar-refractivity contribution < 1.29 is 10.0 Å². The van der Waals surface area contributed by atoms with Crippen molar-refractivity contribution in [3.8, 4) is 0 Å². The van der Waals surface area contributed by atoms with Crippen molar-refractivity contribution in [2.75, 3.05) is 23.7 Å². The van der Waals surface area contributed by atoms with Crippen LogP contribution in [0, 0.1) is 0 Å². The molecule has 0 spiro atoms. The molecule has 0 aliphatic carbocycles. The summed E-state index contributed by atoms with van der Waals surface area (Å²) < 4.78 is 0.620. The Morgan fingerprint density at radius 2 is 2.11 bits per heavy atom. The van der Waals surface area contributed by atoms with Gasteiger partial charge in [-0.15, -0.1) is 4.73 Å². The highest BCUT2D eigenvalue weighted by Crippen LogP contribution is 2.16. The predicted molar refractivity (Wildman–Crippen MR) is 66.1 cm³/mol. The van der Waals surface area contributed by atoms with E-state index in [0.717, 1.165) is 25.9 Å². The Morgan fingerprint density at radius 3 is 2.72 bits per heavy atom. The van der Waals surface area contributed by atoms with E-state index in [4.69, 9.17) is 5.73 Å². The number of anilines is 2. The van der Waals surface area contributed by atoms with Crippen LogP contribution in [0.2, 0.25) is 0 Å². The zero-order chi connectivity index (χ0) is 13.1. The Labute approximate surface area is 105 Å². The molecule has 7 nitrogen and oxygen atoms in total. The van der Waals surface area contributed by atoms with E-state index in [1.165, 1.54) is 13.3 Å². The van der Waals surface area contributed by atoms with Crippen LogP contribution in [0.4, 0.5) is 11.8 Å². The van der Waals surface area contributed by atoms with Crippen LogP contribution in [-0.4, -0.2) is 33.9 Å². The minimum atomic E-state index is -0.395. The van der Waals surface area contributed by atoms with Crippen LogP contribution < -0.4 is 16.1 Å². The molecule has 98 valence electrons. The standard InChI is InChI=1S/C11H17N5O2/c1-8(17)13-10-7-9(14-11(12)16(10)18)15-5-3-2-4-6-15/h7,18H,2-6H2,1H3,(H2,12,14). The second-order valence-electron chi connectivity index (χ2n) is 4.32. The molecule has 18 heavy (non-hydrogen) atoms. The summed E-state index contributed by atoms with van der Waals surface area (Å²) in [6, 6.07) is 1.57. The number of piperidine rings is 1. The van der Waals surface area contributed by atoms with Crippen molar-refractivity contribution in [2.24, 2.45) is 4.99 Å². The first-order valence-electron chi connectivity index (χ1n) is 5.97. The van der Waals surface area contributed by atoms with Gasteiger partial charge in [-0.1, -0.05) is 0 Å². The van der Waals surface area contributed by atoms with Crippen molar-refractivity contribution in [3.63, 3.8) is 0 Å². The first-order valence-corrected chi connectivity index (χ1v) is 5.97. The Morgan fingerprint density at radius 1 is 1.44 bits per heavy atom. The molecule has 1 fully saturated rings. The Bertz CT molecular complexity index is 517. The number of carbonyl (C=O) groups excluding carboxylic acids is 1. The number of hydrogen-bond acceptors (Lipinski definition) is 5. The molecular formula is C11H17N5O2. The highest BCUT2D eigenvalue weighted by Gasteiger charge is 2.14. The molecule has 1 saturated heterocycles. The van der Waals surface area contributed by atoms with E-state index in [1.54, 1.807) is 6.07 Å². The molecule has 0 bridgehead atoms. The SMILES string of the molecule is CC(=O)N=c1cc(N2CCCCC2)nc(N)n1O. The van der Waals surface area contributed by atoms with Gasteiger partial charge in [0.15, 0.2) is 5.49 Å². The molecule has 2 rings (SSSR count). The normalized spacial score (nSPS) is 16.9. The predicted octanol–water partition coefficient (Wildman–Crippen LogP) is 0.140. The smallest absolute Gasteiger partial charge is 0.244 e. The number of aromatic nitrogens is 2. The monoisotopic (exact) mass is 251 g/mol. The lowest BCUT2D eigenvalue weighted by atomic mass is 10.1. The van der Waals surface area contributed by atoms with Crippen LogP contribution in [-0.2, 0) is 4.79 Å². The van der Waals surface area contributed by atoms with Gasteiger partial charge < -0.3 is 15.8 Å².